The predicted octanol–water partition coefficient (Wildman–Crippen LogP) is 3.65. The first kappa shape index (κ1) is 23.4. The predicted molar refractivity (Wildman–Crippen MR) is 105 cm³/mol. The summed E-state index contributed by atoms with van der Waals surface area (Å²) in [5.41, 5.74) is 0.176. The number of nitrogens with one attached hydrogen (secondary N) is 2. The number of hydrogen-bond donors (Lipinski definition) is 2. The minimum Gasteiger partial charge on any atom is -0.450 e. The van der Waals surface area contributed by atoms with Gasteiger partial charge in [-0.1, -0.05) is 48.3 Å². The first-order chi connectivity index (χ1) is 11.6. The van der Waals surface area contributed by atoms with Crippen molar-refractivity contribution in [3.8, 4) is 11.8 Å². The molecular weight excluding hydrogens is 344 g/mol. The lowest BCUT2D eigenvalue weighted by Gasteiger charge is -2.12. The van der Waals surface area contributed by atoms with Crippen LogP contribution in [-0.2, 0) is 9.47 Å². The number of carbonyl (C=O) groups excluding carboxylic acids is 1. The number of amides is 1. The molecule has 0 rings (SSSR count). The van der Waals surface area contributed by atoms with Crippen LogP contribution in [-0.4, -0.2) is 49.6 Å². The quantitative estimate of drug-likeness (QED) is 0.221. The fraction of sp³-hybridized carbons (Fsp3) is 0.824. The van der Waals surface area contributed by atoms with Crippen LogP contribution in [0.1, 0.15) is 47.0 Å². The first-order valence-electron chi connectivity index (χ1n) is 8.55. The number of unbranched alkanes of at least 4 members (excludes halogenated alkanes) is 1. The van der Waals surface area contributed by atoms with Crippen molar-refractivity contribution < 1.29 is 14.3 Å². The minimum atomic E-state index is -0.406. The molecule has 0 saturated heterocycles. The third-order valence-electron chi connectivity index (χ3n) is 2.69. The molecule has 5 nitrogen and oxygen atoms in total. The molecule has 0 aliphatic rings. The van der Waals surface area contributed by atoms with Gasteiger partial charge in [-0.2, -0.15) is 0 Å². The van der Waals surface area contributed by atoms with Gasteiger partial charge >= 0.3 is 6.09 Å². The fourth-order valence-corrected chi connectivity index (χ4v) is 3.46. The summed E-state index contributed by atoms with van der Waals surface area (Å²) in [6, 6.07) is 0.540. The van der Waals surface area contributed by atoms with E-state index in [2.05, 4.69) is 43.2 Å². The van der Waals surface area contributed by atoms with Crippen molar-refractivity contribution in [1.82, 2.24) is 10.6 Å². The van der Waals surface area contributed by atoms with Gasteiger partial charge in [-0.3, -0.25) is 0 Å². The molecule has 0 fully saturated rings. The van der Waals surface area contributed by atoms with Gasteiger partial charge in [0.15, 0.2) is 0 Å². The highest BCUT2D eigenvalue weighted by Gasteiger charge is 2.04. The van der Waals surface area contributed by atoms with Crippen LogP contribution in [0.4, 0.5) is 4.79 Å². The van der Waals surface area contributed by atoms with E-state index in [4.69, 9.17) is 9.47 Å². The number of rotatable bonds is 13. The van der Waals surface area contributed by atoms with Crippen LogP contribution in [0.25, 0.3) is 0 Å². The Hall–Kier alpha value is -0.550. The third-order valence-corrected chi connectivity index (χ3v) is 5.32. The lowest BCUT2D eigenvalue weighted by atomic mass is 10.3. The van der Waals surface area contributed by atoms with Crippen molar-refractivity contribution in [2.45, 2.75) is 58.4 Å². The highest BCUT2D eigenvalue weighted by Crippen LogP contribution is 2.26. The summed E-state index contributed by atoms with van der Waals surface area (Å²) in [6.07, 6.45) is 2.07. The van der Waals surface area contributed by atoms with Crippen LogP contribution in [0.15, 0.2) is 0 Å². The maximum absolute atomic E-state index is 11.3. The molecule has 0 aliphatic carbocycles. The van der Waals surface area contributed by atoms with Gasteiger partial charge in [0.25, 0.3) is 0 Å². The summed E-state index contributed by atoms with van der Waals surface area (Å²) in [4.78, 5) is 11.3. The molecule has 2 N–H and O–H groups in total. The molecule has 0 spiro atoms. The van der Waals surface area contributed by atoms with Crippen LogP contribution in [0.3, 0.4) is 0 Å². The molecule has 140 valence electrons. The molecule has 0 bridgehead atoms. The lowest BCUT2D eigenvalue weighted by molar-refractivity contribution is 0.109. The molecule has 0 aromatic heterocycles. The Labute approximate surface area is 155 Å². The van der Waals surface area contributed by atoms with Gasteiger partial charge in [0.1, 0.15) is 5.44 Å². The van der Waals surface area contributed by atoms with E-state index in [9.17, 15) is 4.79 Å². The molecule has 1 atom stereocenters. The highest BCUT2D eigenvalue weighted by atomic mass is 33.1. The summed E-state index contributed by atoms with van der Waals surface area (Å²) in [6.45, 7) is 10.8. The lowest BCUT2D eigenvalue weighted by Crippen LogP contribution is -2.25. The van der Waals surface area contributed by atoms with Crippen LogP contribution >= 0.6 is 21.6 Å². The maximum Gasteiger partial charge on any atom is 0.407 e. The first-order valence-corrected chi connectivity index (χ1v) is 10.9. The Morgan fingerprint density at radius 1 is 1.17 bits per heavy atom. The molecule has 0 aromatic carbocycles. The van der Waals surface area contributed by atoms with Gasteiger partial charge in [-0.15, -0.1) is 5.92 Å². The number of carbonyl (C=O) groups is 1. The molecule has 0 aromatic rings. The molecule has 0 heterocycles. The van der Waals surface area contributed by atoms with Gasteiger partial charge in [-0.25, -0.2) is 4.79 Å². The summed E-state index contributed by atoms with van der Waals surface area (Å²) < 4.78 is 10.8. The summed E-state index contributed by atoms with van der Waals surface area (Å²) in [7, 11) is 3.58. The van der Waals surface area contributed by atoms with Gasteiger partial charge in [0, 0.05) is 31.4 Å². The summed E-state index contributed by atoms with van der Waals surface area (Å²) >= 11 is 0. The van der Waals surface area contributed by atoms with Crippen molar-refractivity contribution in [3.63, 3.8) is 0 Å². The second-order valence-corrected chi connectivity index (χ2v) is 8.15. The Balaban J connectivity index is 3.35. The van der Waals surface area contributed by atoms with E-state index in [0.29, 0.717) is 25.8 Å². The zero-order chi connectivity index (χ0) is 18.0. The molecule has 1 unspecified atom stereocenters. The smallest absolute Gasteiger partial charge is 0.407 e. The zero-order valence-electron chi connectivity index (χ0n) is 15.4. The molecule has 0 radical (unpaired) electrons. The monoisotopic (exact) mass is 376 g/mol. The van der Waals surface area contributed by atoms with Crippen LogP contribution in [0.2, 0.25) is 0 Å². The Bertz CT molecular complexity index is 371. The third kappa shape index (κ3) is 17.8. The van der Waals surface area contributed by atoms with Crippen molar-refractivity contribution in [2.24, 2.45) is 0 Å². The standard InChI is InChI=1S/C17H32N2O3S2/c1-5-6-7-10-19-17(20)22-13-9-8-12-21-16(4)24-23-14-11-18-15(2)3/h15-16,18H,5,8-14H2,1-4H3,(H,19,20). The topological polar surface area (TPSA) is 59.6 Å². The van der Waals surface area contributed by atoms with Gasteiger partial charge in [0.05, 0.1) is 13.2 Å². The van der Waals surface area contributed by atoms with Crippen molar-refractivity contribution >= 4 is 27.7 Å². The maximum atomic E-state index is 11.3. The van der Waals surface area contributed by atoms with E-state index in [1.54, 1.807) is 10.8 Å². The molecule has 0 aliphatic heterocycles. The van der Waals surface area contributed by atoms with Gasteiger partial charge in [-0.05, 0) is 19.8 Å². The zero-order valence-corrected chi connectivity index (χ0v) is 17.0. The number of hydrogen-bond acceptors (Lipinski definition) is 6. The molecule has 0 saturated carbocycles. The summed E-state index contributed by atoms with van der Waals surface area (Å²) in [5, 5.41) is 5.97. The van der Waals surface area contributed by atoms with Gasteiger partial charge in [0.2, 0.25) is 0 Å². The Kier molecular flexibility index (Phi) is 16.9. The van der Waals surface area contributed by atoms with E-state index < -0.39 is 6.09 Å². The second kappa shape index (κ2) is 17.3. The number of alkyl carbamates (subject to hydrolysis) is 1. The molecular formula is C17H32N2O3S2. The number of ether oxygens (including phenoxy) is 2. The average molecular weight is 377 g/mol. The van der Waals surface area contributed by atoms with Crippen LogP contribution < -0.4 is 10.6 Å². The summed E-state index contributed by atoms with van der Waals surface area (Å²) in [5.74, 6) is 6.78. The molecule has 24 heavy (non-hydrogen) atoms. The van der Waals surface area contributed by atoms with E-state index in [1.807, 2.05) is 17.7 Å². The highest BCUT2D eigenvalue weighted by molar-refractivity contribution is 8.76. The van der Waals surface area contributed by atoms with Crippen LogP contribution in [0.5, 0.6) is 0 Å². The Morgan fingerprint density at radius 2 is 1.92 bits per heavy atom. The fourth-order valence-electron chi connectivity index (χ4n) is 1.53. The normalized spacial score (nSPS) is 11.7. The largest absolute Gasteiger partial charge is 0.450 e. The van der Waals surface area contributed by atoms with E-state index in [1.165, 1.54) is 0 Å². The average Bonchev–Trinajstić information content (AvgIpc) is 2.54. The van der Waals surface area contributed by atoms with Crippen molar-refractivity contribution in [1.29, 1.82) is 0 Å². The Morgan fingerprint density at radius 3 is 2.62 bits per heavy atom. The minimum absolute atomic E-state index is 0.176. The van der Waals surface area contributed by atoms with Gasteiger partial charge < -0.3 is 20.1 Å². The van der Waals surface area contributed by atoms with E-state index >= 15 is 0 Å². The van der Waals surface area contributed by atoms with Crippen molar-refractivity contribution in [3.05, 3.63) is 0 Å². The van der Waals surface area contributed by atoms with Crippen LogP contribution in [0, 0.1) is 11.8 Å². The van der Waals surface area contributed by atoms with E-state index in [0.717, 1.165) is 31.6 Å². The SMILES string of the molecule is CCC#CCNC(=O)OCCCCOC(C)SSCCNC(C)C. The second-order valence-electron chi connectivity index (χ2n) is 5.37. The molecule has 7 heteroatoms. The van der Waals surface area contributed by atoms with Crippen molar-refractivity contribution in [2.75, 3.05) is 32.1 Å². The molecule has 1 amide bonds. The van der Waals surface area contributed by atoms with E-state index in [-0.39, 0.29) is 5.44 Å².